The van der Waals surface area contributed by atoms with Crippen molar-refractivity contribution in [2.24, 2.45) is 0 Å². The fourth-order valence-electron chi connectivity index (χ4n) is 6.88. The Morgan fingerprint density at radius 2 is 1.28 bits per heavy atom. The van der Waals surface area contributed by atoms with E-state index in [1.807, 2.05) is 6.08 Å². The van der Waals surface area contributed by atoms with Gasteiger partial charge >= 0.3 is 7.60 Å². The number of nitro benzene ring substituents is 2. The van der Waals surface area contributed by atoms with Crippen LogP contribution in [0.3, 0.4) is 0 Å². The van der Waals surface area contributed by atoms with E-state index in [0.29, 0.717) is 43.4 Å². The number of nitrogens with zero attached hydrogens (tertiary/aromatic N) is 4. The predicted octanol–water partition coefficient (Wildman–Crippen LogP) is 6.02. The van der Waals surface area contributed by atoms with Crippen LogP contribution < -0.4 is 0 Å². The summed E-state index contributed by atoms with van der Waals surface area (Å²) in [5.41, 5.74) is 4.74. The maximum atomic E-state index is 13.1. The van der Waals surface area contributed by atoms with E-state index in [1.54, 1.807) is 46.2 Å². The molecule has 6 rings (SSSR count). The van der Waals surface area contributed by atoms with Crippen LogP contribution in [0, 0.1) is 20.2 Å². The number of nitro groups is 2. The van der Waals surface area contributed by atoms with E-state index in [1.165, 1.54) is 21.9 Å². The zero-order chi connectivity index (χ0) is 36.5. The van der Waals surface area contributed by atoms with E-state index < -0.39 is 22.8 Å². The first-order valence-corrected chi connectivity index (χ1v) is 17.8. The molecule has 2 aliphatic heterocycles. The van der Waals surface area contributed by atoms with Gasteiger partial charge in [-0.05, 0) is 78.6 Å². The summed E-state index contributed by atoms with van der Waals surface area (Å²) < 4.78 is 23.7. The van der Waals surface area contributed by atoms with Crippen LogP contribution in [0.15, 0.2) is 36.4 Å². The van der Waals surface area contributed by atoms with Gasteiger partial charge in [0.25, 0.3) is 23.2 Å². The summed E-state index contributed by atoms with van der Waals surface area (Å²) in [4.78, 5) is 60.2. The first kappa shape index (κ1) is 36.7. The van der Waals surface area contributed by atoms with Crippen LogP contribution in [-0.4, -0.2) is 75.0 Å². The number of amides is 2. The third kappa shape index (κ3) is 6.65. The number of hydrogen-bond donors (Lipinski definition) is 1. The molecule has 0 saturated heterocycles. The Bertz CT molecular complexity index is 1900. The average Bonchev–Trinajstić information content (AvgIpc) is 3.55. The number of benzene rings is 2. The lowest BCUT2D eigenvalue weighted by Crippen LogP contribution is -2.32. The van der Waals surface area contributed by atoms with Gasteiger partial charge in [0.15, 0.2) is 5.34 Å². The van der Waals surface area contributed by atoms with Gasteiger partial charge in [0.05, 0.1) is 23.1 Å². The molecule has 2 aliphatic carbocycles. The highest BCUT2D eigenvalue weighted by molar-refractivity contribution is 7.55. The highest BCUT2D eigenvalue weighted by Gasteiger charge is 2.50. The van der Waals surface area contributed by atoms with Gasteiger partial charge in [0.2, 0.25) is 0 Å². The van der Waals surface area contributed by atoms with Gasteiger partial charge in [-0.2, -0.15) is 0 Å². The second kappa shape index (κ2) is 14.4. The maximum Gasteiger partial charge on any atom is 0.362 e. The SMILES string of the molecule is CCOP(=O)(OCC)C1(O)CC=C(c2ccc([N+](=O)[O-])c3c2CN(C)C3=O)CC1.CN1Cc2c(C3=CCC(=O)CC3)ccc([N+](=O)[O-])c2C1=O. The molecule has 2 heterocycles. The molecule has 4 aliphatic rings. The smallest absolute Gasteiger partial charge is 0.362 e. The Balaban J connectivity index is 0.000000204. The van der Waals surface area contributed by atoms with Gasteiger partial charge in [-0.3, -0.25) is 39.2 Å². The van der Waals surface area contributed by atoms with E-state index in [0.717, 1.165) is 22.3 Å². The first-order valence-electron chi connectivity index (χ1n) is 16.3. The molecular formula is C34H39N4O11P. The van der Waals surface area contributed by atoms with Crippen LogP contribution in [0.5, 0.6) is 0 Å². The van der Waals surface area contributed by atoms with Crippen molar-refractivity contribution in [2.45, 2.75) is 70.8 Å². The van der Waals surface area contributed by atoms with Crippen LogP contribution in [0.2, 0.25) is 0 Å². The summed E-state index contributed by atoms with van der Waals surface area (Å²) in [5.74, 6) is -0.491. The van der Waals surface area contributed by atoms with E-state index in [-0.39, 0.29) is 72.7 Å². The van der Waals surface area contributed by atoms with Gasteiger partial charge in [-0.15, -0.1) is 0 Å². The van der Waals surface area contributed by atoms with Crippen LogP contribution in [0.1, 0.15) is 95.3 Å². The van der Waals surface area contributed by atoms with E-state index in [4.69, 9.17) is 9.05 Å². The molecule has 0 spiro atoms. The minimum absolute atomic E-state index is 0.0646. The van der Waals surface area contributed by atoms with E-state index in [2.05, 4.69) is 0 Å². The first-order chi connectivity index (χ1) is 23.7. The van der Waals surface area contributed by atoms with Crippen molar-refractivity contribution in [2.75, 3.05) is 27.3 Å². The van der Waals surface area contributed by atoms with Crippen molar-refractivity contribution in [3.8, 4) is 0 Å². The van der Waals surface area contributed by atoms with Crippen molar-refractivity contribution in [3.63, 3.8) is 0 Å². The number of fused-ring (bicyclic) bond motifs is 2. The normalized spacial score (nSPS) is 20.1. The molecule has 1 N–H and O–H groups in total. The quantitative estimate of drug-likeness (QED) is 0.181. The van der Waals surface area contributed by atoms with E-state index in [9.17, 15) is 44.3 Å². The number of ketones is 1. The van der Waals surface area contributed by atoms with Gasteiger partial charge in [-0.1, -0.05) is 12.2 Å². The number of Topliss-reactive ketones (excluding diaryl/α,β-unsaturated/α-hetero) is 1. The maximum absolute atomic E-state index is 13.1. The monoisotopic (exact) mass is 710 g/mol. The largest absolute Gasteiger partial charge is 0.377 e. The molecule has 0 fully saturated rings. The fraction of sp³-hybridized carbons (Fsp3) is 0.441. The summed E-state index contributed by atoms with van der Waals surface area (Å²) in [6.45, 7) is 4.33. The molecule has 50 heavy (non-hydrogen) atoms. The van der Waals surface area contributed by atoms with Gasteiger partial charge in [0, 0.05) is 58.6 Å². The van der Waals surface area contributed by atoms with E-state index >= 15 is 0 Å². The van der Waals surface area contributed by atoms with Crippen LogP contribution in [-0.2, 0) is 31.5 Å². The summed E-state index contributed by atoms with van der Waals surface area (Å²) in [5, 5.41) is 31.8. The van der Waals surface area contributed by atoms with Crippen LogP contribution in [0.4, 0.5) is 11.4 Å². The Labute approximate surface area is 288 Å². The molecule has 1 atom stereocenters. The molecule has 16 heteroatoms. The Morgan fingerprint density at radius 3 is 1.66 bits per heavy atom. The zero-order valence-electron chi connectivity index (χ0n) is 28.3. The van der Waals surface area contributed by atoms with Crippen molar-refractivity contribution in [3.05, 3.63) is 90.0 Å². The Hall–Kier alpha value is -4.56. The summed E-state index contributed by atoms with van der Waals surface area (Å²) in [7, 11) is -0.487. The predicted molar refractivity (Wildman–Crippen MR) is 182 cm³/mol. The van der Waals surface area contributed by atoms with Gasteiger partial charge in [-0.25, -0.2) is 0 Å². The lowest BCUT2D eigenvalue weighted by atomic mass is 9.87. The topological polar surface area (TPSA) is 200 Å². The van der Waals surface area contributed by atoms with Crippen LogP contribution in [0.25, 0.3) is 11.1 Å². The Kier molecular flexibility index (Phi) is 10.5. The number of rotatable bonds is 9. The van der Waals surface area contributed by atoms with Crippen molar-refractivity contribution >= 4 is 47.7 Å². The molecule has 1 unspecified atom stereocenters. The molecule has 0 aromatic heterocycles. The third-order valence-electron chi connectivity index (χ3n) is 9.41. The Morgan fingerprint density at radius 1 is 0.800 bits per heavy atom. The minimum Gasteiger partial charge on any atom is -0.377 e. The standard InChI is InChI=1S/C19H25N2O7P.C15H14N2O4/c1-4-27-29(26,28-5-2)19(23)10-8-13(9-11-19)14-6-7-16(21(24)25)17-15(14)12-20(3)18(17)22;1-16-8-12-11(9-2-4-10(18)5-3-9)6-7-13(17(20)21)14(12)15(16)19/h6-8,23H,4-5,9-12H2,1-3H3;2,6-7H,3-5,8H2,1H3. The second-order valence-electron chi connectivity index (χ2n) is 12.5. The molecule has 15 nitrogen and oxygen atoms in total. The molecule has 2 aromatic carbocycles. The molecular weight excluding hydrogens is 671 g/mol. The van der Waals surface area contributed by atoms with Gasteiger partial charge < -0.3 is 24.0 Å². The number of carbonyl (C=O) groups is 3. The number of aliphatic hydroxyl groups is 1. The molecule has 0 saturated carbocycles. The average molecular weight is 711 g/mol. The number of allylic oxidation sites excluding steroid dienone is 3. The van der Waals surface area contributed by atoms with Crippen molar-refractivity contribution in [1.82, 2.24) is 9.80 Å². The number of hydrogen-bond acceptors (Lipinski definition) is 11. The fourth-order valence-corrected chi connectivity index (χ4v) is 8.81. The summed E-state index contributed by atoms with van der Waals surface area (Å²) in [6, 6.07) is 6.08. The minimum atomic E-state index is -3.72. The highest BCUT2D eigenvalue weighted by Crippen LogP contribution is 2.63. The molecule has 266 valence electrons. The molecule has 2 amide bonds. The lowest BCUT2D eigenvalue weighted by Gasteiger charge is -2.36. The van der Waals surface area contributed by atoms with Crippen molar-refractivity contribution < 1.29 is 42.9 Å². The molecule has 2 aromatic rings. The lowest BCUT2D eigenvalue weighted by molar-refractivity contribution is -0.385. The van der Waals surface area contributed by atoms with Crippen molar-refractivity contribution in [1.29, 1.82) is 0 Å². The molecule has 0 bridgehead atoms. The highest BCUT2D eigenvalue weighted by atomic mass is 31.2. The van der Waals surface area contributed by atoms with Crippen LogP contribution >= 0.6 is 7.60 Å². The zero-order valence-corrected chi connectivity index (χ0v) is 29.2. The summed E-state index contributed by atoms with van der Waals surface area (Å²) >= 11 is 0. The summed E-state index contributed by atoms with van der Waals surface area (Å²) in [6.07, 6.45) is 5.74. The number of carbonyl (C=O) groups excluding carboxylic acids is 3. The van der Waals surface area contributed by atoms with Gasteiger partial charge in [0.1, 0.15) is 16.9 Å². The third-order valence-corrected chi connectivity index (χ3v) is 12.0. The second-order valence-corrected chi connectivity index (χ2v) is 14.9. The molecule has 0 radical (unpaired) electrons.